The maximum atomic E-state index is 12.1. The lowest BCUT2D eigenvalue weighted by atomic mass is 9.99. The summed E-state index contributed by atoms with van der Waals surface area (Å²) in [6.45, 7) is 1.71. The molecule has 3 heteroatoms. The van der Waals surface area contributed by atoms with Gasteiger partial charge in [-0.2, -0.15) is 0 Å². The van der Waals surface area contributed by atoms with Gasteiger partial charge in [0.15, 0.2) is 5.78 Å². The van der Waals surface area contributed by atoms with Gasteiger partial charge >= 0.3 is 5.97 Å². The molecule has 0 saturated heterocycles. The zero-order chi connectivity index (χ0) is 14.5. The highest BCUT2D eigenvalue weighted by Gasteiger charge is 2.11. The fourth-order valence-corrected chi connectivity index (χ4v) is 2.12. The summed E-state index contributed by atoms with van der Waals surface area (Å²) in [6.07, 6.45) is 1.12. The predicted molar refractivity (Wildman–Crippen MR) is 77.2 cm³/mol. The molecule has 0 aromatic heterocycles. The van der Waals surface area contributed by atoms with Crippen molar-refractivity contribution in [2.75, 3.05) is 0 Å². The number of hydrogen-bond acceptors (Lipinski definition) is 2. The standard InChI is InChI=1S/C17H16O3/c1-12-11-14(8-9-15(12)17(19)20)16(18)10-7-13-5-3-2-4-6-13/h2-6,8-9,11H,7,10H2,1H3,(H,19,20). The van der Waals surface area contributed by atoms with Gasteiger partial charge in [0.2, 0.25) is 0 Å². The highest BCUT2D eigenvalue weighted by molar-refractivity contribution is 5.98. The van der Waals surface area contributed by atoms with Crippen molar-refractivity contribution >= 4 is 11.8 Å². The third kappa shape index (κ3) is 3.32. The molecular formula is C17H16O3. The molecule has 2 rings (SSSR count). The molecule has 2 aromatic rings. The predicted octanol–water partition coefficient (Wildman–Crippen LogP) is 3.51. The maximum Gasteiger partial charge on any atom is 0.335 e. The minimum absolute atomic E-state index is 0.0360. The van der Waals surface area contributed by atoms with Gasteiger partial charge in [0.1, 0.15) is 0 Å². The number of carboxylic acid groups (broad SMARTS) is 1. The van der Waals surface area contributed by atoms with Crippen molar-refractivity contribution in [3.8, 4) is 0 Å². The molecule has 0 aliphatic heterocycles. The van der Waals surface area contributed by atoms with Gasteiger partial charge in [-0.1, -0.05) is 36.4 Å². The lowest BCUT2D eigenvalue weighted by Crippen LogP contribution is -2.05. The molecule has 0 amide bonds. The fourth-order valence-electron chi connectivity index (χ4n) is 2.12. The molecule has 3 nitrogen and oxygen atoms in total. The number of carboxylic acids is 1. The molecule has 0 heterocycles. The van der Waals surface area contributed by atoms with E-state index in [1.54, 1.807) is 19.1 Å². The Bertz CT molecular complexity index is 630. The molecule has 0 spiro atoms. The van der Waals surface area contributed by atoms with Gasteiger partial charge in [-0.3, -0.25) is 4.79 Å². The van der Waals surface area contributed by atoms with E-state index in [0.717, 1.165) is 5.56 Å². The molecule has 0 bridgehead atoms. The average molecular weight is 268 g/mol. The second-order valence-corrected chi connectivity index (χ2v) is 4.74. The lowest BCUT2D eigenvalue weighted by molar-refractivity contribution is 0.0695. The monoisotopic (exact) mass is 268 g/mol. The molecule has 2 aromatic carbocycles. The second kappa shape index (κ2) is 6.15. The highest BCUT2D eigenvalue weighted by Crippen LogP contribution is 2.14. The number of carbonyl (C=O) groups is 2. The first-order chi connectivity index (χ1) is 9.58. The highest BCUT2D eigenvalue weighted by atomic mass is 16.4. The van der Waals surface area contributed by atoms with Crippen LogP contribution in [0.2, 0.25) is 0 Å². The normalized spacial score (nSPS) is 10.2. The zero-order valence-corrected chi connectivity index (χ0v) is 11.3. The Morgan fingerprint density at radius 1 is 1.05 bits per heavy atom. The van der Waals surface area contributed by atoms with Crippen molar-refractivity contribution in [3.63, 3.8) is 0 Å². The molecule has 0 saturated carbocycles. The van der Waals surface area contributed by atoms with Crippen LogP contribution in [0.25, 0.3) is 0 Å². The SMILES string of the molecule is Cc1cc(C(=O)CCc2ccccc2)ccc1C(=O)O. The summed E-state index contributed by atoms with van der Waals surface area (Å²) in [6, 6.07) is 14.6. The van der Waals surface area contributed by atoms with Crippen LogP contribution in [0, 0.1) is 6.92 Å². The van der Waals surface area contributed by atoms with E-state index >= 15 is 0 Å². The van der Waals surface area contributed by atoms with Gasteiger partial charge in [-0.15, -0.1) is 0 Å². The molecule has 0 fully saturated rings. The summed E-state index contributed by atoms with van der Waals surface area (Å²) in [4.78, 5) is 23.0. The summed E-state index contributed by atoms with van der Waals surface area (Å²) in [7, 11) is 0. The van der Waals surface area contributed by atoms with Crippen molar-refractivity contribution in [2.24, 2.45) is 0 Å². The van der Waals surface area contributed by atoms with Crippen LogP contribution >= 0.6 is 0 Å². The Morgan fingerprint density at radius 2 is 1.75 bits per heavy atom. The van der Waals surface area contributed by atoms with E-state index in [0.29, 0.717) is 24.0 Å². The number of aryl methyl sites for hydroxylation is 2. The number of hydrogen-bond donors (Lipinski definition) is 1. The molecular weight excluding hydrogens is 252 g/mol. The number of Topliss-reactive ketones (excluding diaryl/α,β-unsaturated/α-hetero) is 1. The molecule has 0 radical (unpaired) electrons. The van der Waals surface area contributed by atoms with E-state index in [9.17, 15) is 9.59 Å². The first-order valence-corrected chi connectivity index (χ1v) is 6.49. The van der Waals surface area contributed by atoms with Gasteiger partial charge in [-0.05, 0) is 36.6 Å². The smallest absolute Gasteiger partial charge is 0.335 e. The van der Waals surface area contributed by atoms with E-state index in [2.05, 4.69) is 0 Å². The van der Waals surface area contributed by atoms with Crippen LogP contribution in [0.4, 0.5) is 0 Å². The molecule has 102 valence electrons. The quantitative estimate of drug-likeness (QED) is 0.844. The molecule has 1 N–H and O–H groups in total. The van der Waals surface area contributed by atoms with Crippen LogP contribution in [-0.4, -0.2) is 16.9 Å². The Labute approximate surface area is 117 Å². The van der Waals surface area contributed by atoms with Crippen molar-refractivity contribution in [1.82, 2.24) is 0 Å². The van der Waals surface area contributed by atoms with Crippen LogP contribution in [0.1, 0.15) is 38.3 Å². The van der Waals surface area contributed by atoms with Crippen LogP contribution < -0.4 is 0 Å². The minimum atomic E-state index is -0.967. The second-order valence-electron chi connectivity index (χ2n) is 4.74. The third-order valence-corrected chi connectivity index (χ3v) is 3.26. The van der Waals surface area contributed by atoms with Crippen molar-refractivity contribution in [2.45, 2.75) is 19.8 Å². The number of rotatable bonds is 5. The van der Waals surface area contributed by atoms with E-state index in [-0.39, 0.29) is 11.3 Å². The number of aromatic carboxylic acids is 1. The van der Waals surface area contributed by atoms with Gasteiger partial charge in [0.05, 0.1) is 5.56 Å². The van der Waals surface area contributed by atoms with Gasteiger partial charge < -0.3 is 5.11 Å². The summed E-state index contributed by atoms with van der Waals surface area (Å²) in [5.74, 6) is -0.931. The van der Waals surface area contributed by atoms with Gasteiger partial charge in [-0.25, -0.2) is 4.79 Å². The third-order valence-electron chi connectivity index (χ3n) is 3.26. The van der Waals surface area contributed by atoms with E-state index in [1.165, 1.54) is 6.07 Å². The number of benzene rings is 2. The van der Waals surface area contributed by atoms with Crippen LogP contribution in [-0.2, 0) is 6.42 Å². The molecule has 0 unspecified atom stereocenters. The van der Waals surface area contributed by atoms with Crippen molar-refractivity contribution < 1.29 is 14.7 Å². The molecule has 0 aliphatic carbocycles. The zero-order valence-electron chi connectivity index (χ0n) is 11.3. The van der Waals surface area contributed by atoms with E-state index in [4.69, 9.17) is 5.11 Å². The molecule has 20 heavy (non-hydrogen) atoms. The Morgan fingerprint density at radius 3 is 2.35 bits per heavy atom. The number of carbonyl (C=O) groups excluding carboxylic acids is 1. The Balaban J connectivity index is 2.06. The van der Waals surface area contributed by atoms with E-state index in [1.807, 2.05) is 30.3 Å². The average Bonchev–Trinajstić information content (AvgIpc) is 2.45. The molecule has 0 atom stereocenters. The first kappa shape index (κ1) is 14.0. The maximum absolute atomic E-state index is 12.1. The summed E-state index contributed by atoms with van der Waals surface area (Å²) in [5, 5.41) is 8.96. The summed E-state index contributed by atoms with van der Waals surface area (Å²) < 4.78 is 0. The minimum Gasteiger partial charge on any atom is -0.478 e. The van der Waals surface area contributed by atoms with Crippen molar-refractivity contribution in [1.29, 1.82) is 0 Å². The van der Waals surface area contributed by atoms with E-state index < -0.39 is 5.97 Å². The number of ketones is 1. The summed E-state index contributed by atoms with van der Waals surface area (Å²) >= 11 is 0. The van der Waals surface area contributed by atoms with Crippen LogP contribution in [0.15, 0.2) is 48.5 Å². The Hall–Kier alpha value is -2.42. The van der Waals surface area contributed by atoms with Crippen molar-refractivity contribution in [3.05, 3.63) is 70.8 Å². The molecule has 0 aliphatic rings. The van der Waals surface area contributed by atoms with Crippen LogP contribution in [0.3, 0.4) is 0 Å². The largest absolute Gasteiger partial charge is 0.478 e. The summed E-state index contributed by atoms with van der Waals surface area (Å²) in [5.41, 5.74) is 2.55. The Kier molecular flexibility index (Phi) is 4.31. The van der Waals surface area contributed by atoms with Crippen LogP contribution in [0.5, 0.6) is 0 Å². The lowest BCUT2D eigenvalue weighted by Gasteiger charge is -2.05. The van der Waals surface area contributed by atoms with Gasteiger partial charge in [0, 0.05) is 12.0 Å². The topological polar surface area (TPSA) is 54.4 Å². The van der Waals surface area contributed by atoms with Gasteiger partial charge in [0.25, 0.3) is 0 Å². The first-order valence-electron chi connectivity index (χ1n) is 6.49. The fraction of sp³-hybridized carbons (Fsp3) is 0.176.